The number of rotatable bonds is 9. The van der Waals surface area contributed by atoms with E-state index in [9.17, 15) is 8.42 Å². The Morgan fingerprint density at radius 1 is 1.10 bits per heavy atom. The van der Waals surface area contributed by atoms with Gasteiger partial charge in [-0.25, -0.2) is 22.8 Å². The molecule has 3 heterocycles. The van der Waals surface area contributed by atoms with Gasteiger partial charge in [0.05, 0.1) is 19.8 Å². The van der Waals surface area contributed by atoms with Crippen LogP contribution in [0, 0.1) is 18.3 Å². The van der Waals surface area contributed by atoms with Gasteiger partial charge < -0.3 is 9.47 Å². The minimum atomic E-state index is -4.47. The van der Waals surface area contributed by atoms with Crippen molar-refractivity contribution in [2.75, 3.05) is 18.9 Å². The van der Waals surface area contributed by atoms with Crippen LogP contribution in [0.3, 0.4) is 0 Å². The van der Waals surface area contributed by atoms with Crippen molar-refractivity contribution >= 4 is 16.0 Å². The maximum atomic E-state index is 15.9. The number of ether oxygens (including phenoxy) is 2. The molecule has 0 aliphatic carbocycles. The summed E-state index contributed by atoms with van der Waals surface area (Å²) in [5.41, 5.74) is -0.737. The van der Waals surface area contributed by atoms with Crippen molar-refractivity contribution < 1.29 is 22.3 Å². The van der Waals surface area contributed by atoms with E-state index in [0.29, 0.717) is 22.7 Å². The molecule has 0 amide bonds. The Bertz CT molecular complexity index is 1630. The zero-order chi connectivity index (χ0) is 28.4. The summed E-state index contributed by atoms with van der Waals surface area (Å²) in [6.07, 6.45) is 5.46. The van der Waals surface area contributed by atoms with Crippen LogP contribution in [0.15, 0.2) is 49.1 Å². The summed E-state index contributed by atoms with van der Waals surface area (Å²) in [6.45, 7) is 4.08. The molecule has 4 rings (SSSR count). The van der Waals surface area contributed by atoms with E-state index >= 15 is 4.39 Å². The first kappa shape index (κ1) is 27.4. The highest BCUT2D eigenvalue weighted by Crippen LogP contribution is 2.38. The Kier molecular flexibility index (Phi) is 7.46. The number of hydrogen-bond donors (Lipinski definition) is 1. The standard InChI is InChI=1S/C25H25FN8O4S/c1-15-9-18(14-28-11-15)22-31-32-24(34(22)21-19(37-4)7-6-8-20(21)38-5)33-39(35,36)16(2)25(3,26)23-29-12-17(10-27)13-30-23/h6-9,11-14,16H,1-5H3,(H,32,33)/t16-,25-/m1/s1. The van der Waals surface area contributed by atoms with E-state index < -0.39 is 26.8 Å². The zero-order valence-electron chi connectivity index (χ0n) is 21.7. The molecular weight excluding hydrogens is 527 g/mol. The molecule has 0 saturated carbocycles. The number of para-hydroxylation sites is 1. The van der Waals surface area contributed by atoms with Crippen LogP contribution in [0.2, 0.25) is 0 Å². The van der Waals surface area contributed by atoms with E-state index in [1.54, 1.807) is 36.7 Å². The van der Waals surface area contributed by atoms with Crippen molar-refractivity contribution in [3.8, 4) is 34.6 Å². The molecule has 2 atom stereocenters. The highest BCUT2D eigenvalue weighted by Gasteiger charge is 2.45. The molecule has 1 aromatic carbocycles. The number of alkyl halides is 1. The first-order chi connectivity index (χ1) is 18.5. The van der Waals surface area contributed by atoms with Crippen LogP contribution in [0.1, 0.15) is 30.8 Å². The fourth-order valence-corrected chi connectivity index (χ4v) is 5.06. The summed E-state index contributed by atoms with van der Waals surface area (Å²) in [5, 5.41) is 15.6. The third-order valence-electron chi connectivity index (χ3n) is 6.10. The molecule has 0 bridgehead atoms. The molecule has 0 spiro atoms. The molecule has 0 radical (unpaired) electrons. The molecule has 0 aliphatic rings. The Morgan fingerprint density at radius 2 is 1.74 bits per heavy atom. The molecule has 1 N–H and O–H groups in total. The summed E-state index contributed by atoms with van der Waals surface area (Å²) in [7, 11) is -1.57. The first-order valence-electron chi connectivity index (χ1n) is 11.6. The number of methoxy groups -OCH3 is 2. The number of nitrogens with one attached hydrogen (secondary N) is 1. The number of pyridine rings is 1. The topological polar surface area (TPSA) is 158 Å². The third-order valence-corrected chi connectivity index (χ3v) is 7.94. The van der Waals surface area contributed by atoms with Crippen molar-refractivity contribution in [2.45, 2.75) is 31.7 Å². The Morgan fingerprint density at radius 3 is 2.31 bits per heavy atom. The summed E-state index contributed by atoms with van der Waals surface area (Å²) in [5.74, 6) is 0.283. The lowest BCUT2D eigenvalue weighted by atomic mass is 10.0. The van der Waals surface area contributed by atoms with Gasteiger partial charge in [-0.3, -0.25) is 14.3 Å². The monoisotopic (exact) mass is 552 g/mol. The van der Waals surface area contributed by atoms with Crippen molar-refractivity contribution in [3.63, 3.8) is 0 Å². The molecule has 3 aromatic heterocycles. The van der Waals surface area contributed by atoms with E-state index in [2.05, 4.69) is 29.9 Å². The number of nitriles is 1. The number of hydrogen-bond acceptors (Lipinski definition) is 10. The van der Waals surface area contributed by atoms with Gasteiger partial charge in [-0.1, -0.05) is 6.07 Å². The summed E-state index contributed by atoms with van der Waals surface area (Å²) in [4.78, 5) is 11.9. The summed E-state index contributed by atoms with van der Waals surface area (Å²) >= 11 is 0. The van der Waals surface area contributed by atoms with Gasteiger partial charge >= 0.3 is 0 Å². The van der Waals surface area contributed by atoms with Gasteiger partial charge in [0.25, 0.3) is 0 Å². The van der Waals surface area contributed by atoms with Gasteiger partial charge in [0, 0.05) is 30.4 Å². The quantitative estimate of drug-likeness (QED) is 0.326. The highest BCUT2D eigenvalue weighted by molar-refractivity contribution is 7.93. The van der Waals surface area contributed by atoms with Gasteiger partial charge in [0.15, 0.2) is 17.3 Å². The highest BCUT2D eigenvalue weighted by atomic mass is 32.2. The molecule has 0 saturated heterocycles. The molecule has 39 heavy (non-hydrogen) atoms. The Balaban J connectivity index is 1.85. The van der Waals surface area contributed by atoms with E-state index in [1.165, 1.54) is 25.7 Å². The van der Waals surface area contributed by atoms with Crippen molar-refractivity contribution in [3.05, 3.63) is 66.0 Å². The Labute approximate surface area is 224 Å². The van der Waals surface area contributed by atoms with Crippen LogP contribution in [0.4, 0.5) is 10.3 Å². The second-order valence-corrected chi connectivity index (χ2v) is 10.7. The fourth-order valence-electron chi connectivity index (χ4n) is 3.81. The average Bonchev–Trinajstić information content (AvgIpc) is 3.34. The predicted octanol–water partition coefficient (Wildman–Crippen LogP) is 3.33. The number of benzene rings is 1. The third kappa shape index (κ3) is 5.21. The maximum absolute atomic E-state index is 15.9. The van der Waals surface area contributed by atoms with Crippen LogP contribution in [0.5, 0.6) is 11.5 Å². The Hall–Kier alpha value is -4.64. The second-order valence-electron chi connectivity index (χ2n) is 8.72. The minimum absolute atomic E-state index is 0.111. The number of anilines is 1. The molecule has 4 aromatic rings. The summed E-state index contributed by atoms with van der Waals surface area (Å²) < 4.78 is 57.8. The van der Waals surface area contributed by atoms with Crippen LogP contribution in [0.25, 0.3) is 17.1 Å². The van der Waals surface area contributed by atoms with Crippen molar-refractivity contribution in [1.82, 2.24) is 29.7 Å². The van der Waals surface area contributed by atoms with Crippen molar-refractivity contribution in [1.29, 1.82) is 5.26 Å². The molecule has 0 fully saturated rings. The average molecular weight is 553 g/mol. The van der Waals surface area contributed by atoms with Gasteiger partial charge in [-0.2, -0.15) is 5.26 Å². The molecule has 0 aliphatic heterocycles. The predicted molar refractivity (Wildman–Crippen MR) is 140 cm³/mol. The van der Waals surface area contributed by atoms with Crippen LogP contribution in [-0.2, 0) is 15.7 Å². The van der Waals surface area contributed by atoms with Gasteiger partial charge in [0.2, 0.25) is 16.0 Å². The van der Waals surface area contributed by atoms with Crippen LogP contribution in [-0.4, -0.2) is 57.6 Å². The lowest BCUT2D eigenvalue weighted by molar-refractivity contribution is 0.175. The normalized spacial score (nSPS) is 13.7. The molecule has 12 nitrogen and oxygen atoms in total. The van der Waals surface area contributed by atoms with Crippen molar-refractivity contribution in [2.24, 2.45) is 0 Å². The zero-order valence-corrected chi connectivity index (χ0v) is 22.6. The number of sulfonamides is 1. The van der Waals surface area contributed by atoms with Gasteiger partial charge in [-0.15, -0.1) is 10.2 Å². The molecular formula is C25H25FN8O4S. The minimum Gasteiger partial charge on any atom is -0.494 e. The number of nitrogens with zero attached hydrogens (tertiary/aromatic N) is 7. The fraction of sp³-hybridized carbons (Fsp3) is 0.280. The van der Waals surface area contributed by atoms with E-state index in [0.717, 1.165) is 24.9 Å². The smallest absolute Gasteiger partial charge is 0.243 e. The van der Waals surface area contributed by atoms with Crippen LogP contribution < -0.4 is 14.2 Å². The maximum Gasteiger partial charge on any atom is 0.243 e. The SMILES string of the molecule is COc1cccc(OC)c1-n1c(NS(=O)(=O)[C@H](C)[C@@](C)(F)c2ncc(C#N)cn2)nnc1-c1cncc(C)c1. The largest absolute Gasteiger partial charge is 0.494 e. The number of aromatic nitrogens is 6. The molecule has 0 unspecified atom stereocenters. The molecule has 202 valence electrons. The van der Waals surface area contributed by atoms with Gasteiger partial charge in [0.1, 0.15) is 28.5 Å². The van der Waals surface area contributed by atoms with E-state index in [-0.39, 0.29) is 17.3 Å². The number of halogens is 1. The van der Waals surface area contributed by atoms with E-state index in [1.807, 2.05) is 13.0 Å². The molecule has 14 heteroatoms. The lowest BCUT2D eigenvalue weighted by Crippen LogP contribution is -2.41. The second kappa shape index (κ2) is 10.6. The van der Waals surface area contributed by atoms with Gasteiger partial charge in [-0.05, 0) is 44.5 Å². The lowest BCUT2D eigenvalue weighted by Gasteiger charge is -2.26. The van der Waals surface area contributed by atoms with Crippen LogP contribution >= 0.6 is 0 Å². The number of aryl methyl sites for hydroxylation is 1. The first-order valence-corrected chi connectivity index (χ1v) is 13.1. The van der Waals surface area contributed by atoms with E-state index in [4.69, 9.17) is 14.7 Å². The summed E-state index contributed by atoms with van der Waals surface area (Å²) in [6, 6.07) is 8.67.